The summed E-state index contributed by atoms with van der Waals surface area (Å²) in [6.45, 7) is 4.17. The molecule has 6 nitrogen and oxygen atoms in total. The normalized spacial score (nSPS) is 12.0. The van der Waals surface area contributed by atoms with E-state index >= 15 is 0 Å². The Kier molecular flexibility index (Phi) is 5.00. The van der Waals surface area contributed by atoms with Crippen LogP contribution in [0.15, 0.2) is 48.5 Å². The number of anilines is 1. The van der Waals surface area contributed by atoms with Gasteiger partial charge in [0.25, 0.3) is 5.91 Å². The van der Waals surface area contributed by atoms with Gasteiger partial charge in [-0.1, -0.05) is 25.1 Å². The number of nitriles is 1. The molecular weight excluding hydrogens is 422 g/mol. The molecule has 5 rings (SSSR count). The number of carbonyl (C=O) groups excluding carboxylic acids is 1. The summed E-state index contributed by atoms with van der Waals surface area (Å²) in [7, 11) is 0. The molecule has 0 spiro atoms. The lowest BCUT2D eigenvalue weighted by molar-refractivity contribution is 0.102. The molecule has 1 N–H and O–H groups in total. The van der Waals surface area contributed by atoms with Crippen molar-refractivity contribution in [1.82, 2.24) is 4.98 Å². The summed E-state index contributed by atoms with van der Waals surface area (Å²) in [5, 5.41) is 13.9. The van der Waals surface area contributed by atoms with Crippen molar-refractivity contribution in [2.45, 2.75) is 20.3 Å². The highest BCUT2D eigenvalue weighted by Gasteiger charge is 2.20. The van der Waals surface area contributed by atoms with Crippen LogP contribution < -0.4 is 14.8 Å². The van der Waals surface area contributed by atoms with Crippen molar-refractivity contribution in [3.8, 4) is 28.8 Å². The first-order valence-corrected chi connectivity index (χ1v) is 11.0. The molecule has 32 heavy (non-hydrogen) atoms. The molecule has 0 fully saturated rings. The SMILES string of the molecule is CCc1c(C)sc(NC(=O)c2cc(-c3ccc4c(c3)OCO4)nc3ccccc23)c1C#N. The monoisotopic (exact) mass is 441 g/mol. The summed E-state index contributed by atoms with van der Waals surface area (Å²) in [6.07, 6.45) is 0.744. The fraction of sp³-hybridized carbons (Fsp3) is 0.160. The summed E-state index contributed by atoms with van der Waals surface area (Å²) in [4.78, 5) is 19.2. The molecule has 158 valence electrons. The number of thiophene rings is 1. The van der Waals surface area contributed by atoms with Crippen molar-refractivity contribution < 1.29 is 14.3 Å². The van der Waals surface area contributed by atoms with Crippen molar-refractivity contribution in [2.75, 3.05) is 12.1 Å². The number of benzene rings is 2. The fourth-order valence-electron chi connectivity index (χ4n) is 3.95. The number of hydrogen-bond donors (Lipinski definition) is 1. The van der Waals surface area contributed by atoms with Crippen molar-refractivity contribution in [1.29, 1.82) is 5.26 Å². The topological polar surface area (TPSA) is 84.2 Å². The number of carbonyl (C=O) groups is 1. The zero-order chi connectivity index (χ0) is 22.2. The Bertz CT molecular complexity index is 1420. The van der Waals surface area contributed by atoms with Gasteiger partial charge in [-0.15, -0.1) is 11.3 Å². The second-order valence-corrected chi connectivity index (χ2v) is 8.63. The third-order valence-corrected chi connectivity index (χ3v) is 6.59. The molecule has 1 aliphatic rings. The third kappa shape index (κ3) is 3.35. The molecule has 7 heteroatoms. The van der Waals surface area contributed by atoms with Gasteiger partial charge in [-0.3, -0.25) is 4.79 Å². The number of nitrogens with one attached hydrogen (secondary N) is 1. The standard InChI is InChI=1S/C25H19N3O3S/c1-3-16-14(2)32-25(19(16)12-26)28-24(29)18-11-21(27-20-7-5-4-6-17(18)20)15-8-9-22-23(10-15)31-13-30-22/h4-11H,3,13H2,1-2H3,(H,28,29). The van der Waals surface area contributed by atoms with Gasteiger partial charge in [0.15, 0.2) is 11.5 Å². The first-order valence-electron chi connectivity index (χ1n) is 10.2. The number of aryl methyl sites for hydroxylation is 1. The lowest BCUT2D eigenvalue weighted by Crippen LogP contribution is -2.13. The largest absolute Gasteiger partial charge is 0.454 e. The van der Waals surface area contributed by atoms with E-state index in [4.69, 9.17) is 14.5 Å². The van der Waals surface area contributed by atoms with Crippen LogP contribution in [0.1, 0.15) is 33.3 Å². The van der Waals surface area contributed by atoms with Crippen LogP contribution in [0.4, 0.5) is 5.00 Å². The molecule has 0 unspecified atom stereocenters. The van der Waals surface area contributed by atoms with Gasteiger partial charge in [0.2, 0.25) is 6.79 Å². The summed E-state index contributed by atoms with van der Waals surface area (Å²) in [5.41, 5.74) is 4.21. The molecule has 0 radical (unpaired) electrons. The maximum absolute atomic E-state index is 13.4. The highest BCUT2D eigenvalue weighted by atomic mass is 32.1. The Labute approximate surface area is 189 Å². The van der Waals surface area contributed by atoms with Crippen molar-refractivity contribution in [3.05, 3.63) is 70.1 Å². The number of rotatable bonds is 4. The van der Waals surface area contributed by atoms with Gasteiger partial charge in [-0.25, -0.2) is 4.98 Å². The number of hydrogen-bond acceptors (Lipinski definition) is 6. The second kappa shape index (κ2) is 7.98. The van der Waals surface area contributed by atoms with Crippen LogP contribution >= 0.6 is 11.3 Å². The van der Waals surface area contributed by atoms with E-state index in [1.165, 1.54) is 11.3 Å². The van der Waals surface area contributed by atoms with Gasteiger partial charge in [0.05, 0.1) is 22.3 Å². The van der Waals surface area contributed by atoms with Gasteiger partial charge >= 0.3 is 0 Å². The van der Waals surface area contributed by atoms with Crippen LogP contribution in [-0.4, -0.2) is 17.7 Å². The first kappa shape index (κ1) is 20.0. The average molecular weight is 442 g/mol. The smallest absolute Gasteiger partial charge is 0.257 e. The molecule has 0 aliphatic carbocycles. The van der Waals surface area contributed by atoms with Crippen molar-refractivity contribution >= 4 is 33.1 Å². The van der Waals surface area contributed by atoms with E-state index in [0.29, 0.717) is 38.8 Å². The summed E-state index contributed by atoms with van der Waals surface area (Å²) in [5.74, 6) is 1.07. The highest BCUT2D eigenvalue weighted by Crippen LogP contribution is 2.37. The molecule has 0 atom stereocenters. The predicted molar refractivity (Wildman–Crippen MR) is 124 cm³/mol. The molecule has 1 aliphatic heterocycles. The van der Waals surface area contributed by atoms with Crippen LogP contribution in [-0.2, 0) is 6.42 Å². The maximum atomic E-state index is 13.4. The fourth-order valence-corrected chi connectivity index (χ4v) is 5.04. The molecular formula is C25H19N3O3S. The van der Waals surface area contributed by atoms with E-state index in [0.717, 1.165) is 27.8 Å². The van der Waals surface area contributed by atoms with Crippen LogP contribution in [0, 0.1) is 18.3 Å². The molecule has 0 bridgehead atoms. The molecule has 2 aromatic carbocycles. The average Bonchev–Trinajstić information content (AvgIpc) is 3.40. The minimum Gasteiger partial charge on any atom is -0.454 e. The van der Waals surface area contributed by atoms with Gasteiger partial charge in [0.1, 0.15) is 11.1 Å². The van der Waals surface area contributed by atoms with Crippen LogP contribution in [0.25, 0.3) is 22.2 Å². The van der Waals surface area contributed by atoms with Crippen molar-refractivity contribution in [2.24, 2.45) is 0 Å². The predicted octanol–water partition coefficient (Wildman–Crippen LogP) is 5.69. The molecule has 3 heterocycles. The summed E-state index contributed by atoms with van der Waals surface area (Å²) >= 11 is 1.43. The second-order valence-electron chi connectivity index (χ2n) is 7.40. The third-order valence-electron chi connectivity index (χ3n) is 5.53. The lowest BCUT2D eigenvalue weighted by Gasteiger charge is -2.11. The summed E-state index contributed by atoms with van der Waals surface area (Å²) < 4.78 is 10.9. The number of ether oxygens (including phenoxy) is 2. The van der Waals surface area contributed by atoms with E-state index in [1.807, 2.05) is 56.3 Å². The van der Waals surface area contributed by atoms with Gasteiger partial charge in [-0.05, 0) is 49.2 Å². The Balaban J connectivity index is 1.59. The minimum absolute atomic E-state index is 0.193. The zero-order valence-corrected chi connectivity index (χ0v) is 18.4. The van der Waals surface area contributed by atoms with E-state index in [9.17, 15) is 10.1 Å². The minimum atomic E-state index is -0.272. The summed E-state index contributed by atoms with van der Waals surface area (Å²) in [6, 6.07) is 17.2. The van der Waals surface area contributed by atoms with Gasteiger partial charge in [0, 0.05) is 15.8 Å². The number of pyridine rings is 1. The number of aromatic nitrogens is 1. The number of fused-ring (bicyclic) bond motifs is 2. The van der Waals surface area contributed by atoms with E-state index in [-0.39, 0.29) is 12.7 Å². The Morgan fingerprint density at radius 2 is 2.00 bits per heavy atom. The number of amides is 1. The van der Waals surface area contributed by atoms with Crippen molar-refractivity contribution in [3.63, 3.8) is 0 Å². The lowest BCUT2D eigenvalue weighted by atomic mass is 10.0. The first-order chi connectivity index (χ1) is 15.6. The Morgan fingerprint density at radius 1 is 1.19 bits per heavy atom. The van der Waals surface area contributed by atoms with Crippen LogP contribution in [0.5, 0.6) is 11.5 Å². The van der Waals surface area contributed by atoms with E-state index in [2.05, 4.69) is 11.4 Å². The molecule has 0 saturated carbocycles. The zero-order valence-electron chi connectivity index (χ0n) is 17.6. The quantitative estimate of drug-likeness (QED) is 0.440. The van der Waals surface area contributed by atoms with Crippen LogP contribution in [0.3, 0.4) is 0 Å². The highest BCUT2D eigenvalue weighted by molar-refractivity contribution is 7.16. The van der Waals surface area contributed by atoms with Gasteiger partial charge in [-0.2, -0.15) is 5.26 Å². The maximum Gasteiger partial charge on any atom is 0.257 e. The molecule has 0 saturated heterocycles. The molecule has 4 aromatic rings. The Morgan fingerprint density at radius 3 is 2.81 bits per heavy atom. The number of nitrogens with zero attached hydrogens (tertiary/aromatic N) is 2. The molecule has 2 aromatic heterocycles. The van der Waals surface area contributed by atoms with E-state index in [1.54, 1.807) is 6.07 Å². The molecule has 1 amide bonds. The number of para-hydroxylation sites is 1. The van der Waals surface area contributed by atoms with E-state index < -0.39 is 0 Å². The van der Waals surface area contributed by atoms with Crippen LogP contribution in [0.2, 0.25) is 0 Å². The Hall–Kier alpha value is -3.89. The van der Waals surface area contributed by atoms with Gasteiger partial charge < -0.3 is 14.8 Å².